The lowest BCUT2D eigenvalue weighted by atomic mass is 9.98. The van der Waals surface area contributed by atoms with E-state index in [0.29, 0.717) is 15.1 Å². The summed E-state index contributed by atoms with van der Waals surface area (Å²) in [5, 5.41) is 8.86. The smallest absolute Gasteiger partial charge is 0.377 e. The van der Waals surface area contributed by atoms with E-state index in [1.54, 1.807) is 18.2 Å². The minimum absolute atomic E-state index is 0.0407. The Morgan fingerprint density at radius 2 is 2.05 bits per heavy atom. The average molecular weight is 381 g/mol. The van der Waals surface area contributed by atoms with Crippen molar-refractivity contribution in [2.24, 2.45) is 5.41 Å². The molecule has 0 amide bonds. The van der Waals surface area contributed by atoms with Gasteiger partial charge in [0.2, 0.25) is 0 Å². The molecule has 0 aliphatic rings. The summed E-state index contributed by atoms with van der Waals surface area (Å²) in [6.45, 7) is 6.11. The molecule has 0 heterocycles. The molecule has 1 aromatic rings. The number of carbonyl (C=O) groups excluding carboxylic acids is 1. The van der Waals surface area contributed by atoms with Crippen molar-refractivity contribution in [1.82, 2.24) is 0 Å². The summed E-state index contributed by atoms with van der Waals surface area (Å²) in [7, 11) is 0. The van der Waals surface area contributed by atoms with Crippen LogP contribution in [-0.4, -0.2) is 22.6 Å². The molecule has 0 bridgehead atoms. The number of Topliss-reactive ketones (excluding diaryl/α,β-unsaturated/α-hetero) is 1. The van der Waals surface area contributed by atoms with Crippen molar-refractivity contribution >= 4 is 39.4 Å². The van der Waals surface area contributed by atoms with Crippen molar-refractivity contribution in [3.8, 4) is 11.8 Å². The lowest BCUT2D eigenvalue weighted by Gasteiger charge is -2.07. The molecule has 0 unspecified atom stereocenters. The third kappa shape index (κ3) is 6.08. The van der Waals surface area contributed by atoms with Gasteiger partial charge in [-0.1, -0.05) is 24.0 Å². The molecule has 0 aromatic heterocycles. The first-order valence-electron chi connectivity index (χ1n) is 6.59. The normalized spacial score (nSPS) is 11.1. The van der Waals surface area contributed by atoms with E-state index in [2.05, 4.69) is 27.8 Å². The number of carbonyl (C=O) groups is 2. The maximum atomic E-state index is 11.7. The number of benzene rings is 1. The highest BCUT2D eigenvalue weighted by Gasteiger charge is 2.19. The maximum Gasteiger partial charge on any atom is 0.377 e. The van der Waals surface area contributed by atoms with Crippen molar-refractivity contribution in [3.63, 3.8) is 0 Å². The van der Waals surface area contributed by atoms with Crippen molar-refractivity contribution in [1.29, 1.82) is 0 Å². The minimum atomic E-state index is -1.45. The first-order valence-corrected chi connectivity index (χ1v) is 8.37. The molecule has 0 radical (unpaired) electrons. The monoisotopic (exact) mass is 380 g/mol. The highest BCUT2D eigenvalue weighted by Crippen LogP contribution is 2.31. The Labute approximate surface area is 143 Å². The Kier molecular flexibility index (Phi) is 6.92. The number of hydrogen-bond donors (Lipinski definition) is 1. The fraction of sp³-hybridized carbons (Fsp3) is 0.294. The summed E-state index contributed by atoms with van der Waals surface area (Å²) in [5.74, 6) is 4.30. The van der Waals surface area contributed by atoms with Gasteiger partial charge in [0.05, 0.1) is 0 Å². The second-order valence-electron chi connectivity index (χ2n) is 5.48. The number of halogens is 1. The molecule has 116 valence electrons. The van der Waals surface area contributed by atoms with Gasteiger partial charge in [0.25, 0.3) is 5.78 Å². The highest BCUT2D eigenvalue weighted by atomic mass is 79.9. The van der Waals surface area contributed by atoms with Crippen molar-refractivity contribution in [3.05, 3.63) is 40.4 Å². The average Bonchev–Trinajstić information content (AvgIpc) is 2.41. The van der Waals surface area contributed by atoms with Gasteiger partial charge in [-0.25, -0.2) is 4.79 Å². The minimum Gasteiger partial charge on any atom is -0.475 e. The number of thioether (sulfide) groups is 1. The summed E-state index contributed by atoms with van der Waals surface area (Å²) in [5.41, 5.74) is 0.155. The highest BCUT2D eigenvalue weighted by molar-refractivity contribution is 9.10. The maximum absolute atomic E-state index is 11.7. The number of aliphatic carboxylic acids is 1. The largest absolute Gasteiger partial charge is 0.475 e. The van der Waals surface area contributed by atoms with Crippen molar-refractivity contribution < 1.29 is 14.7 Å². The Bertz CT molecular complexity index is 661. The molecule has 22 heavy (non-hydrogen) atoms. The molecule has 0 saturated heterocycles. The van der Waals surface area contributed by atoms with Gasteiger partial charge in [-0.3, -0.25) is 4.79 Å². The second-order valence-corrected chi connectivity index (χ2v) is 7.37. The molecule has 3 nitrogen and oxygen atoms in total. The van der Waals surface area contributed by atoms with Gasteiger partial charge in [-0.15, -0.1) is 11.8 Å². The number of hydrogen-bond acceptors (Lipinski definition) is 3. The van der Waals surface area contributed by atoms with Crippen LogP contribution in [0, 0.1) is 17.3 Å². The zero-order valence-electron chi connectivity index (χ0n) is 12.6. The van der Waals surface area contributed by atoms with Crippen molar-refractivity contribution in [2.45, 2.75) is 25.7 Å². The van der Waals surface area contributed by atoms with E-state index in [-0.39, 0.29) is 11.0 Å². The van der Waals surface area contributed by atoms with Gasteiger partial charge in [0.15, 0.2) is 0 Å². The van der Waals surface area contributed by atoms with Crippen LogP contribution in [-0.2, 0) is 4.79 Å². The van der Waals surface area contributed by atoms with Crippen LogP contribution in [0.4, 0.5) is 0 Å². The van der Waals surface area contributed by atoms with Gasteiger partial charge >= 0.3 is 5.97 Å². The fourth-order valence-electron chi connectivity index (χ4n) is 1.45. The van der Waals surface area contributed by atoms with Gasteiger partial charge in [0.1, 0.15) is 0 Å². The molecule has 0 saturated carbocycles. The van der Waals surface area contributed by atoms with Crippen molar-refractivity contribution in [2.75, 3.05) is 5.75 Å². The number of ketones is 1. The number of rotatable bonds is 5. The predicted octanol–water partition coefficient (Wildman–Crippen LogP) is 4.41. The SMILES string of the molecule is CC(C)(C)C#CC=CCSc1c(Br)cccc1C(=O)C(=O)O. The number of carboxylic acids is 1. The first kappa shape index (κ1) is 18.5. The lowest BCUT2D eigenvalue weighted by molar-refractivity contribution is -0.131. The van der Waals surface area contributed by atoms with Crippen LogP contribution in [0.15, 0.2) is 39.7 Å². The van der Waals surface area contributed by atoms with E-state index < -0.39 is 11.8 Å². The molecule has 1 N–H and O–H groups in total. The molecular weight excluding hydrogens is 364 g/mol. The lowest BCUT2D eigenvalue weighted by Crippen LogP contribution is -2.13. The first-order chi connectivity index (χ1) is 10.2. The van der Waals surface area contributed by atoms with E-state index in [9.17, 15) is 9.59 Å². The van der Waals surface area contributed by atoms with Crippen LogP contribution in [0.3, 0.4) is 0 Å². The molecule has 0 aliphatic heterocycles. The molecule has 1 aromatic carbocycles. The third-order valence-electron chi connectivity index (χ3n) is 2.38. The third-order valence-corrected chi connectivity index (χ3v) is 4.39. The topological polar surface area (TPSA) is 54.4 Å². The van der Waals surface area contributed by atoms with Gasteiger partial charge in [-0.2, -0.15) is 0 Å². The quantitative estimate of drug-likeness (QED) is 0.355. The van der Waals surface area contributed by atoms with E-state index in [1.807, 2.05) is 26.8 Å². The molecule has 0 spiro atoms. The molecule has 0 aliphatic carbocycles. The fourth-order valence-corrected chi connectivity index (χ4v) is 3.04. The Hall–Kier alpha value is -1.51. The van der Waals surface area contributed by atoms with Gasteiger partial charge < -0.3 is 5.11 Å². The summed E-state index contributed by atoms with van der Waals surface area (Å²) in [6, 6.07) is 4.95. The number of allylic oxidation sites excluding steroid dienone is 1. The summed E-state index contributed by atoms with van der Waals surface area (Å²) >= 11 is 4.75. The second kappa shape index (κ2) is 8.21. The zero-order valence-corrected chi connectivity index (χ0v) is 15.0. The van der Waals surface area contributed by atoms with Crippen LogP contribution in [0.5, 0.6) is 0 Å². The van der Waals surface area contributed by atoms with Gasteiger partial charge in [0, 0.05) is 26.1 Å². The van der Waals surface area contributed by atoms with Crippen LogP contribution in [0.25, 0.3) is 0 Å². The Balaban J connectivity index is 2.82. The Morgan fingerprint density at radius 1 is 1.36 bits per heavy atom. The van der Waals surface area contributed by atoms with Crippen LogP contribution in [0.1, 0.15) is 31.1 Å². The standard InChI is InChI=1S/C17H17BrO3S/c1-17(2,3)10-5-4-6-11-22-15-12(14(19)16(20)21)8-7-9-13(15)18/h4,6-9H,11H2,1-3H3,(H,20,21). The molecular formula is C17H17BrO3S. The predicted molar refractivity (Wildman–Crippen MR) is 93.2 cm³/mol. The molecule has 0 atom stereocenters. The van der Waals surface area contributed by atoms with Crippen LogP contribution >= 0.6 is 27.7 Å². The van der Waals surface area contributed by atoms with E-state index in [0.717, 1.165) is 0 Å². The van der Waals surface area contributed by atoms with E-state index in [4.69, 9.17) is 5.11 Å². The van der Waals surface area contributed by atoms with Crippen LogP contribution in [0.2, 0.25) is 0 Å². The Morgan fingerprint density at radius 3 is 2.64 bits per heavy atom. The van der Waals surface area contributed by atoms with Gasteiger partial charge in [-0.05, 0) is 54.9 Å². The van der Waals surface area contributed by atoms with Crippen LogP contribution < -0.4 is 0 Å². The summed E-state index contributed by atoms with van der Waals surface area (Å²) in [6.07, 6.45) is 3.66. The molecule has 0 fully saturated rings. The zero-order chi connectivity index (χ0) is 16.8. The van der Waals surface area contributed by atoms with E-state index >= 15 is 0 Å². The van der Waals surface area contributed by atoms with E-state index in [1.165, 1.54) is 17.8 Å². The summed E-state index contributed by atoms with van der Waals surface area (Å²) in [4.78, 5) is 23.2. The number of carboxylic acid groups (broad SMARTS) is 1. The molecule has 5 heteroatoms. The summed E-state index contributed by atoms with van der Waals surface area (Å²) < 4.78 is 0.707. The molecule has 1 rings (SSSR count).